The molecule has 1 aromatic carbocycles. The Kier molecular flexibility index (Phi) is 5.60. The summed E-state index contributed by atoms with van der Waals surface area (Å²) in [5.74, 6) is 0.502. The number of nitrogens with zero attached hydrogens (tertiary/aromatic N) is 3. The van der Waals surface area contributed by atoms with Gasteiger partial charge in [0.2, 0.25) is 5.82 Å². The number of nitrogens with one attached hydrogen (secondary N) is 1. The summed E-state index contributed by atoms with van der Waals surface area (Å²) < 4.78 is 5.68. The number of methoxy groups -OCH3 is 1. The summed E-state index contributed by atoms with van der Waals surface area (Å²) in [7, 11) is 3.51. The average molecular weight is 340 g/mol. The topological polar surface area (TPSA) is 67.4 Å². The molecule has 1 aromatic heterocycles. The van der Waals surface area contributed by atoms with Crippen LogP contribution in [0.3, 0.4) is 0 Å². The number of rotatable bonds is 5. The molecule has 2 heterocycles. The van der Waals surface area contributed by atoms with E-state index in [2.05, 4.69) is 39.6 Å². The summed E-state index contributed by atoms with van der Waals surface area (Å²) >= 11 is 0. The molecule has 2 atom stereocenters. The molecular formula is C19H24N4O2. The average Bonchev–Trinajstić information content (AvgIpc) is 2.68. The summed E-state index contributed by atoms with van der Waals surface area (Å²) in [5, 5.41) is 2.95. The van der Waals surface area contributed by atoms with Crippen LogP contribution in [0.15, 0.2) is 42.7 Å². The van der Waals surface area contributed by atoms with Gasteiger partial charge in [-0.2, -0.15) is 0 Å². The Bertz CT molecular complexity index is 690. The maximum absolute atomic E-state index is 12.7. The third-order valence-electron chi connectivity index (χ3n) is 4.76. The van der Waals surface area contributed by atoms with Gasteiger partial charge in [0.15, 0.2) is 0 Å². The smallest absolute Gasteiger partial charge is 0.291 e. The number of benzene rings is 1. The molecule has 3 rings (SSSR count). The molecule has 6 nitrogen and oxygen atoms in total. The molecule has 1 N–H and O–H groups in total. The largest absolute Gasteiger partial charge is 0.386 e. The van der Waals surface area contributed by atoms with Crippen LogP contribution in [0.1, 0.15) is 22.6 Å². The Balaban J connectivity index is 1.65. The van der Waals surface area contributed by atoms with E-state index in [1.165, 1.54) is 5.56 Å². The second kappa shape index (κ2) is 8.07. The van der Waals surface area contributed by atoms with E-state index >= 15 is 0 Å². The number of aromatic nitrogens is 2. The zero-order valence-electron chi connectivity index (χ0n) is 14.7. The fourth-order valence-corrected chi connectivity index (χ4v) is 3.28. The van der Waals surface area contributed by atoms with E-state index in [1.807, 2.05) is 6.07 Å². The van der Waals surface area contributed by atoms with Crippen molar-refractivity contribution in [1.29, 1.82) is 0 Å². The lowest BCUT2D eigenvalue weighted by atomic mass is 9.87. The fourth-order valence-electron chi connectivity index (χ4n) is 3.28. The predicted octanol–water partition coefficient (Wildman–Crippen LogP) is 2.24. The molecule has 0 radical (unpaired) electrons. The number of ether oxygens (including phenoxy) is 1. The molecule has 132 valence electrons. The lowest BCUT2D eigenvalue weighted by Crippen LogP contribution is -2.48. The monoisotopic (exact) mass is 340 g/mol. The number of anilines is 1. The highest BCUT2D eigenvalue weighted by Crippen LogP contribution is 2.25. The minimum Gasteiger partial charge on any atom is -0.386 e. The molecule has 1 fully saturated rings. The molecule has 1 aliphatic rings. The minimum absolute atomic E-state index is 0.0227. The van der Waals surface area contributed by atoms with Gasteiger partial charge in [0.05, 0.1) is 24.2 Å². The van der Waals surface area contributed by atoms with Gasteiger partial charge in [0.25, 0.3) is 5.91 Å². The Morgan fingerprint density at radius 1 is 1.28 bits per heavy atom. The molecule has 2 aromatic rings. The molecule has 0 spiro atoms. The van der Waals surface area contributed by atoms with Crippen molar-refractivity contribution in [2.45, 2.75) is 18.9 Å². The highest BCUT2D eigenvalue weighted by atomic mass is 16.5. The lowest BCUT2D eigenvalue weighted by molar-refractivity contribution is -0.00736. The first-order chi connectivity index (χ1) is 12.2. The number of hydrogen-bond acceptors (Lipinski definition) is 5. The van der Waals surface area contributed by atoms with E-state index in [9.17, 15) is 4.79 Å². The SMILES string of the molecule is CNc1cnc(C(=O)N2CC[C@H](Cc3ccccc3)[C@H](OC)C2)nc1. The van der Waals surface area contributed by atoms with E-state index in [1.54, 1.807) is 31.5 Å². The van der Waals surface area contributed by atoms with E-state index < -0.39 is 0 Å². The molecule has 0 aliphatic carbocycles. The molecule has 0 saturated carbocycles. The first-order valence-electron chi connectivity index (χ1n) is 8.57. The third-order valence-corrected chi connectivity index (χ3v) is 4.76. The Hall–Kier alpha value is -2.47. The zero-order chi connectivity index (χ0) is 17.6. The predicted molar refractivity (Wildman–Crippen MR) is 96.5 cm³/mol. The van der Waals surface area contributed by atoms with E-state index in [0.29, 0.717) is 19.0 Å². The summed E-state index contributed by atoms with van der Waals surface area (Å²) in [6, 6.07) is 10.4. The van der Waals surface area contributed by atoms with Crippen molar-refractivity contribution in [2.75, 3.05) is 32.6 Å². The number of amides is 1. The van der Waals surface area contributed by atoms with Crippen molar-refractivity contribution in [1.82, 2.24) is 14.9 Å². The summed E-state index contributed by atoms with van der Waals surface area (Å²) in [4.78, 5) is 22.8. The summed E-state index contributed by atoms with van der Waals surface area (Å²) in [6.45, 7) is 1.28. The van der Waals surface area contributed by atoms with Crippen molar-refractivity contribution in [3.63, 3.8) is 0 Å². The second-order valence-corrected chi connectivity index (χ2v) is 6.31. The van der Waals surface area contributed by atoms with Crippen molar-refractivity contribution in [3.8, 4) is 0 Å². The maximum Gasteiger partial charge on any atom is 0.291 e. The fraction of sp³-hybridized carbons (Fsp3) is 0.421. The number of hydrogen-bond donors (Lipinski definition) is 1. The molecule has 1 aliphatic heterocycles. The highest BCUT2D eigenvalue weighted by molar-refractivity contribution is 5.90. The first-order valence-corrected chi connectivity index (χ1v) is 8.57. The molecule has 1 saturated heterocycles. The van der Waals surface area contributed by atoms with Crippen LogP contribution in [0.2, 0.25) is 0 Å². The Morgan fingerprint density at radius 3 is 2.64 bits per heavy atom. The van der Waals surface area contributed by atoms with Gasteiger partial charge in [-0.1, -0.05) is 30.3 Å². The van der Waals surface area contributed by atoms with Crippen molar-refractivity contribution >= 4 is 11.6 Å². The van der Waals surface area contributed by atoms with Crippen molar-refractivity contribution in [2.24, 2.45) is 5.92 Å². The van der Waals surface area contributed by atoms with Crippen LogP contribution in [0.25, 0.3) is 0 Å². The molecule has 0 unspecified atom stereocenters. The number of carbonyl (C=O) groups is 1. The van der Waals surface area contributed by atoms with Crippen LogP contribution in [0.4, 0.5) is 5.69 Å². The molecule has 0 bridgehead atoms. The third kappa shape index (κ3) is 4.14. The molecule has 1 amide bonds. The quantitative estimate of drug-likeness (QED) is 0.904. The molecular weight excluding hydrogens is 316 g/mol. The number of piperidine rings is 1. The van der Waals surface area contributed by atoms with Gasteiger partial charge in [0.1, 0.15) is 0 Å². The van der Waals surface area contributed by atoms with E-state index in [0.717, 1.165) is 18.5 Å². The minimum atomic E-state index is -0.136. The van der Waals surface area contributed by atoms with Gasteiger partial charge in [0, 0.05) is 27.2 Å². The normalized spacial score (nSPS) is 20.3. The first kappa shape index (κ1) is 17.4. The van der Waals surface area contributed by atoms with Crippen molar-refractivity contribution < 1.29 is 9.53 Å². The number of likely N-dealkylation sites (tertiary alicyclic amines) is 1. The standard InChI is InChI=1S/C19H24N4O2/c1-20-16-11-21-18(22-12-16)19(24)23-9-8-15(17(13-23)25-2)10-14-6-4-3-5-7-14/h3-7,11-12,15,17,20H,8-10,13H2,1-2H3/t15-,17-/m1/s1. The highest BCUT2D eigenvalue weighted by Gasteiger charge is 2.32. The van der Waals surface area contributed by atoms with E-state index in [-0.39, 0.29) is 17.8 Å². The number of carbonyl (C=O) groups excluding carboxylic acids is 1. The van der Waals surface area contributed by atoms with Crippen LogP contribution in [0, 0.1) is 5.92 Å². The van der Waals surface area contributed by atoms with E-state index in [4.69, 9.17) is 4.74 Å². The van der Waals surface area contributed by atoms with Gasteiger partial charge in [-0.3, -0.25) is 4.79 Å². The van der Waals surface area contributed by atoms with Gasteiger partial charge in [-0.25, -0.2) is 9.97 Å². The molecule has 25 heavy (non-hydrogen) atoms. The zero-order valence-corrected chi connectivity index (χ0v) is 14.7. The Morgan fingerprint density at radius 2 is 2.00 bits per heavy atom. The van der Waals surface area contributed by atoms with Gasteiger partial charge in [-0.15, -0.1) is 0 Å². The van der Waals surface area contributed by atoms with Crippen LogP contribution < -0.4 is 5.32 Å². The van der Waals surface area contributed by atoms with Crippen LogP contribution in [0.5, 0.6) is 0 Å². The van der Waals surface area contributed by atoms with Crippen LogP contribution in [-0.2, 0) is 11.2 Å². The van der Waals surface area contributed by atoms with Gasteiger partial charge in [-0.05, 0) is 24.3 Å². The second-order valence-electron chi connectivity index (χ2n) is 6.31. The maximum atomic E-state index is 12.7. The lowest BCUT2D eigenvalue weighted by Gasteiger charge is -2.37. The van der Waals surface area contributed by atoms with Crippen LogP contribution in [-0.4, -0.2) is 54.1 Å². The Labute approximate surface area is 148 Å². The van der Waals surface area contributed by atoms with Gasteiger partial charge >= 0.3 is 0 Å². The van der Waals surface area contributed by atoms with Crippen LogP contribution >= 0.6 is 0 Å². The van der Waals surface area contributed by atoms with Gasteiger partial charge < -0.3 is 15.0 Å². The summed E-state index contributed by atoms with van der Waals surface area (Å²) in [5.41, 5.74) is 2.09. The summed E-state index contributed by atoms with van der Waals surface area (Å²) in [6.07, 6.45) is 5.14. The molecule has 6 heteroatoms. The van der Waals surface area contributed by atoms with Crippen molar-refractivity contribution in [3.05, 3.63) is 54.1 Å².